The molecule has 0 spiro atoms. The summed E-state index contributed by atoms with van der Waals surface area (Å²) in [4.78, 5) is 12.5. The van der Waals surface area contributed by atoms with E-state index in [1.807, 2.05) is 29.6 Å². The van der Waals surface area contributed by atoms with Crippen molar-refractivity contribution in [2.45, 2.75) is 0 Å². The molecule has 1 aromatic carbocycles. The van der Waals surface area contributed by atoms with Gasteiger partial charge in [-0.1, -0.05) is 28.1 Å². The van der Waals surface area contributed by atoms with Crippen LogP contribution in [0.3, 0.4) is 0 Å². The second-order valence-electron chi connectivity index (χ2n) is 3.55. The minimum Gasteiger partial charge on any atom is -0.484 e. The summed E-state index contributed by atoms with van der Waals surface area (Å²) in [5.74, 6) is 0.333. The van der Waals surface area contributed by atoms with Gasteiger partial charge in [0.25, 0.3) is 5.91 Å². The molecule has 0 saturated carbocycles. The molecular formula is C13H11BrN2O2S. The molecule has 1 amide bonds. The number of hydrogen-bond donors (Lipinski definition) is 1. The highest BCUT2D eigenvalue weighted by Gasteiger charge is 2.01. The molecule has 0 aliphatic rings. The molecule has 98 valence electrons. The highest BCUT2D eigenvalue weighted by Crippen LogP contribution is 2.17. The van der Waals surface area contributed by atoms with Gasteiger partial charge in [0.05, 0.1) is 6.21 Å². The number of carbonyl (C=O) groups excluding carboxylic acids is 1. The molecule has 0 atom stereocenters. The molecule has 0 radical (unpaired) electrons. The summed E-state index contributed by atoms with van der Waals surface area (Å²) in [7, 11) is 0. The Labute approximate surface area is 123 Å². The number of nitrogens with one attached hydrogen (secondary N) is 1. The van der Waals surface area contributed by atoms with Crippen LogP contribution in [0.1, 0.15) is 4.88 Å². The van der Waals surface area contributed by atoms with E-state index in [4.69, 9.17) is 4.74 Å². The maximum atomic E-state index is 11.5. The molecular weight excluding hydrogens is 328 g/mol. The Balaban J connectivity index is 1.76. The van der Waals surface area contributed by atoms with Crippen LogP contribution < -0.4 is 10.2 Å². The molecule has 1 heterocycles. The number of halogens is 1. The Kier molecular flexibility index (Phi) is 5.11. The minimum atomic E-state index is -0.298. The molecule has 19 heavy (non-hydrogen) atoms. The SMILES string of the molecule is O=C(COc1cccc(Br)c1)NN=Cc1cccs1. The second-order valence-corrected chi connectivity index (χ2v) is 5.45. The zero-order valence-corrected chi connectivity index (χ0v) is 12.3. The predicted molar refractivity (Wildman–Crippen MR) is 79.7 cm³/mol. The number of benzene rings is 1. The lowest BCUT2D eigenvalue weighted by Crippen LogP contribution is -2.24. The number of rotatable bonds is 5. The smallest absolute Gasteiger partial charge is 0.277 e. The number of hydrogen-bond acceptors (Lipinski definition) is 4. The van der Waals surface area contributed by atoms with Crippen LogP contribution in [0.25, 0.3) is 0 Å². The van der Waals surface area contributed by atoms with Crippen LogP contribution in [0.5, 0.6) is 5.75 Å². The molecule has 6 heteroatoms. The molecule has 4 nitrogen and oxygen atoms in total. The number of amides is 1. The van der Waals surface area contributed by atoms with Gasteiger partial charge in [-0.3, -0.25) is 4.79 Å². The van der Waals surface area contributed by atoms with Gasteiger partial charge in [-0.15, -0.1) is 11.3 Å². The Hall–Kier alpha value is -1.66. The second kappa shape index (κ2) is 7.06. The zero-order valence-electron chi connectivity index (χ0n) is 9.88. The van der Waals surface area contributed by atoms with E-state index in [1.54, 1.807) is 29.7 Å². The first-order valence-electron chi connectivity index (χ1n) is 5.48. The third-order valence-electron chi connectivity index (χ3n) is 2.09. The fraction of sp³-hybridized carbons (Fsp3) is 0.0769. The van der Waals surface area contributed by atoms with Crippen molar-refractivity contribution in [1.29, 1.82) is 0 Å². The van der Waals surface area contributed by atoms with Gasteiger partial charge in [-0.2, -0.15) is 5.10 Å². The van der Waals surface area contributed by atoms with Crippen LogP contribution >= 0.6 is 27.3 Å². The van der Waals surface area contributed by atoms with E-state index >= 15 is 0 Å². The molecule has 1 aromatic heterocycles. The van der Waals surface area contributed by atoms with Crippen molar-refractivity contribution in [3.05, 3.63) is 51.1 Å². The maximum Gasteiger partial charge on any atom is 0.277 e. The van der Waals surface area contributed by atoms with Crippen molar-refractivity contribution in [2.24, 2.45) is 5.10 Å². The largest absolute Gasteiger partial charge is 0.484 e. The van der Waals surface area contributed by atoms with E-state index < -0.39 is 0 Å². The molecule has 1 N–H and O–H groups in total. The average Bonchev–Trinajstić information content (AvgIpc) is 2.90. The monoisotopic (exact) mass is 338 g/mol. The number of nitrogens with zero attached hydrogens (tertiary/aromatic N) is 1. The summed E-state index contributed by atoms with van der Waals surface area (Å²) in [5.41, 5.74) is 2.41. The number of hydrazone groups is 1. The fourth-order valence-electron chi connectivity index (χ4n) is 1.27. The molecule has 2 aromatic rings. The van der Waals surface area contributed by atoms with Gasteiger partial charge >= 0.3 is 0 Å². The molecule has 0 aliphatic carbocycles. The van der Waals surface area contributed by atoms with E-state index in [9.17, 15) is 4.79 Å². The van der Waals surface area contributed by atoms with E-state index in [0.29, 0.717) is 5.75 Å². The summed E-state index contributed by atoms with van der Waals surface area (Å²) in [5, 5.41) is 5.78. The first kappa shape index (κ1) is 13.8. The van der Waals surface area contributed by atoms with Crippen LogP contribution in [-0.2, 0) is 4.79 Å². The van der Waals surface area contributed by atoms with Crippen LogP contribution in [0.2, 0.25) is 0 Å². The topological polar surface area (TPSA) is 50.7 Å². The summed E-state index contributed by atoms with van der Waals surface area (Å²) in [6, 6.07) is 11.1. The Morgan fingerprint density at radius 3 is 3.05 bits per heavy atom. The molecule has 0 bridgehead atoms. The molecule has 0 fully saturated rings. The van der Waals surface area contributed by atoms with Crippen LogP contribution in [0, 0.1) is 0 Å². The normalized spacial score (nSPS) is 10.6. The first-order chi connectivity index (χ1) is 9.24. The lowest BCUT2D eigenvalue weighted by atomic mass is 10.3. The van der Waals surface area contributed by atoms with E-state index in [2.05, 4.69) is 26.5 Å². The minimum absolute atomic E-state index is 0.0712. The predicted octanol–water partition coefficient (Wildman–Crippen LogP) is 3.04. The number of thiophene rings is 1. The fourth-order valence-corrected chi connectivity index (χ4v) is 2.23. The van der Waals surface area contributed by atoms with Gasteiger partial charge < -0.3 is 4.74 Å². The number of carbonyl (C=O) groups is 1. The van der Waals surface area contributed by atoms with E-state index in [1.165, 1.54) is 0 Å². The van der Waals surface area contributed by atoms with E-state index in [-0.39, 0.29) is 12.5 Å². The van der Waals surface area contributed by atoms with Crippen molar-refractivity contribution in [3.8, 4) is 5.75 Å². The quantitative estimate of drug-likeness (QED) is 0.672. The summed E-state index contributed by atoms with van der Waals surface area (Å²) >= 11 is 4.88. The standard InChI is InChI=1S/C13H11BrN2O2S/c14-10-3-1-4-11(7-10)18-9-13(17)16-15-8-12-5-2-6-19-12/h1-8H,9H2,(H,16,17). The molecule has 0 unspecified atom stereocenters. The molecule has 0 saturated heterocycles. The van der Waals surface area contributed by atoms with Gasteiger partial charge in [-0.25, -0.2) is 5.43 Å². The van der Waals surface area contributed by atoms with Crippen molar-refractivity contribution in [3.63, 3.8) is 0 Å². The molecule has 0 aliphatic heterocycles. The summed E-state index contributed by atoms with van der Waals surface area (Å²) in [6.07, 6.45) is 1.60. The van der Waals surface area contributed by atoms with Gasteiger partial charge in [0.2, 0.25) is 0 Å². The maximum absolute atomic E-state index is 11.5. The zero-order chi connectivity index (χ0) is 13.5. The van der Waals surface area contributed by atoms with Gasteiger partial charge in [0.1, 0.15) is 5.75 Å². The Bertz CT molecular complexity index is 570. The highest BCUT2D eigenvalue weighted by molar-refractivity contribution is 9.10. The highest BCUT2D eigenvalue weighted by atomic mass is 79.9. The Morgan fingerprint density at radius 2 is 2.32 bits per heavy atom. The van der Waals surface area contributed by atoms with Crippen LogP contribution in [0.15, 0.2) is 51.4 Å². The lowest BCUT2D eigenvalue weighted by Gasteiger charge is -2.04. The Morgan fingerprint density at radius 1 is 1.42 bits per heavy atom. The van der Waals surface area contributed by atoms with Crippen molar-refractivity contribution in [2.75, 3.05) is 6.61 Å². The first-order valence-corrected chi connectivity index (χ1v) is 7.15. The lowest BCUT2D eigenvalue weighted by molar-refractivity contribution is -0.123. The van der Waals surface area contributed by atoms with Crippen molar-refractivity contribution in [1.82, 2.24) is 5.43 Å². The van der Waals surface area contributed by atoms with Gasteiger partial charge in [-0.05, 0) is 29.6 Å². The average molecular weight is 339 g/mol. The van der Waals surface area contributed by atoms with Crippen molar-refractivity contribution >= 4 is 39.4 Å². The van der Waals surface area contributed by atoms with Crippen molar-refractivity contribution < 1.29 is 9.53 Å². The third kappa shape index (κ3) is 4.84. The molecule has 2 rings (SSSR count). The van der Waals surface area contributed by atoms with Crippen LogP contribution in [0.4, 0.5) is 0 Å². The number of ether oxygens (including phenoxy) is 1. The third-order valence-corrected chi connectivity index (χ3v) is 3.39. The van der Waals surface area contributed by atoms with E-state index in [0.717, 1.165) is 9.35 Å². The van der Waals surface area contributed by atoms with Crippen LogP contribution in [-0.4, -0.2) is 18.7 Å². The van der Waals surface area contributed by atoms with Gasteiger partial charge in [0, 0.05) is 9.35 Å². The van der Waals surface area contributed by atoms with Gasteiger partial charge in [0.15, 0.2) is 6.61 Å². The summed E-state index contributed by atoms with van der Waals surface area (Å²) < 4.78 is 6.23. The summed E-state index contributed by atoms with van der Waals surface area (Å²) in [6.45, 7) is -0.0712.